The number of nitrogens with zero attached hydrogens (tertiary/aromatic N) is 7. The summed E-state index contributed by atoms with van der Waals surface area (Å²) in [6.07, 6.45) is 17.3. The fraction of sp³-hybridized carbons (Fsp3) is 0.286. The molecule has 152 valence electrons. The van der Waals surface area contributed by atoms with Gasteiger partial charge in [0, 0.05) is 71.1 Å². The van der Waals surface area contributed by atoms with E-state index in [1.165, 1.54) is 6.42 Å². The van der Waals surface area contributed by atoms with Crippen molar-refractivity contribution in [3.8, 4) is 11.1 Å². The quantitative estimate of drug-likeness (QED) is 0.501. The van der Waals surface area contributed by atoms with Gasteiger partial charge in [-0.15, -0.1) is 0 Å². The molecule has 0 bridgehead atoms. The minimum absolute atomic E-state index is 0.406. The molecule has 30 heavy (non-hydrogen) atoms. The molecule has 8 nitrogen and oxygen atoms in total. The maximum Gasteiger partial charge on any atom is 0.115 e. The van der Waals surface area contributed by atoms with Gasteiger partial charge >= 0.3 is 0 Å². The highest BCUT2D eigenvalue weighted by Gasteiger charge is 2.17. The second kappa shape index (κ2) is 8.37. The Bertz CT molecular complexity index is 1170. The lowest BCUT2D eigenvalue weighted by Gasteiger charge is -2.22. The van der Waals surface area contributed by atoms with Gasteiger partial charge in [-0.3, -0.25) is 9.67 Å². The molecule has 0 saturated carbocycles. The van der Waals surface area contributed by atoms with Crippen molar-refractivity contribution in [2.45, 2.75) is 28.7 Å². The van der Waals surface area contributed by atoms with E-state index < -0.39 is 0 Å². The zero-order chi connectivity index (χ0) is 20.3. The lowest BCUT2D eigenvalue weighted by Crippen LogP contribution is -2.31. The monoisotopic (exact) mass is 418 g/mol. The molecular formula is C21H22N8S. The molecule has 4 aromatic heterocycles. The molecule has 4 aromatic rings. The summed E-state index contributed by atoms with van der Waals surface area (Å²) in [5.74, 6) is 0. The Morgan fingerprint density at radius 2 is 2.03 bits per heavy atom. The van der Waals surface area contributed by atoms with Crippen LogP contribution < -0.4 is 5.32 Å². The first-order chi connectivity index (χ1) is 14.8. The summed E-state index contributed by atoms with van der Waals surface area (Å²) in [7, 11) is 1.77. The molecule has 0 aromatic carbocycles. The molecule has 0 aliphatic carbocycles. The van der Waals surface area contributed by atoms with Crippen LogP contribution in [0.3, 0.4) is 0 Å². The number of aromatic nitrogens is 6. The van der Waals surface area contributed by atoms with E-state index in [1.807, 2.05) is 41.7 Å². The van der Waals surface area contributed by atoms with Crippen LogP contribution in [0.4, 0.5) is 0 Å². The molecule has 1 fully saturated rings. The first-order valence-corrected chi connectivity index (χ1v) is 10.7. The van der Waals surface area contributed by atoms with Crippen molar-refractivity contribution in [2.24, 2.45) is 4.99 Å². The molecule has 0 spiro atoms. The van der Waals surface area contributed by atoms with E-state index >= 15 is 0 Å². The summed E-state index contributed by atoms with van der Waals surface area (Å²) < 4.78 is 4.00. The van der Waals surface area contributed by atoms with E-state index in [0.717, 1.165) is 51.5 Å². The molecule has 9 heteroatoms. The van der Waals surface area contributed by atoms with Crippen LogP contribution in [0.2, 0.25) is 0 Å². The van der Waals surface area contributed by atoms with E-state index in [1.54, 1.807) is 25.1 Å². The molecule has 5 heterocycles. The zero-order valence-electron chi connectivity index (χ0n) is 16.6. The topological polar surface area (TPSA) is 85.3 Å². The van der Waals surface area contributed by atoms with Gasteiger partial charge in [0.15, 0.2) is 0 Å². The van der Waals surface area contributed by atoms with Crippen molar-refractivity contribution >= 4 is 23.5 Å². The van der Waals surface area contributed by atoms with E-state index in [4.69, 9.17) is 0 Å². The SMILES string of the molecule is CN=Cc1cnn2cc(-c3cnn([C@H]4CCCNC4)c3)cc(Sc3cncnc3)c12. The Morgan fingerprint density at radius 3 is 2.83 bits per heavy atom. The molecular weight excluding hydrogens is 396 g/mol. The maximum absolute atomic E-state index is 4.64. The third-order valence-corrected chi connectivity index (χ3v) is 6.20. The minimum atomic E-state index is 0.406. The summed E-state index contributed by atoms with van der Waals surface area (Å²) in [6, 6.07) is 2.59. The highest BCUT2D eigenvalue weighted by Crippen LogP contribution is 2.35. The van der Waals surface area contributed by atoms with Crippen LogP contribution in [0.25, 0.3) is 16.6 Å². The first kappa shape index (κ1) is 19.0. The van der Waals surface area contributed by atoms with Gasteiger partial charge in [0.05, 0.1) is 24.0 Å². The molecule has 0 amide bonds. The highest BCUT2D eigenvalue weighted by molar-refractivity contribution is 7.99. The number of hydrogen-bond acceptors (Lipinski definition) is 7. The van der Waals surface area contributed by atoms with Crippen LogP contribution >= 0.6 is 11.8 Å². The average molecular weight is 419 g/mol. The van der Waals surface area contributed by atoms with E-state index in [9.17, 15) is 0 Å². The Labute approximate surface area is 178 Å². The van der Waals surface area contributed by atoms with Gasteiger partial charge < -0.3 is 5.32 Å². The van der Waals surface area contributed by atoms with Crippen LogP contribution in [0.5, 0.6) is 0 Å². The number of fused-ring (bicyclic) bond motifs is 1. The fourth-order valence-electron chi connectivity index (χ4n) is 3.79. The number of nitrogens with one attached hydrogen (secondary N) is 1. The predicted molar refractivity (Wildman–Crippen MR) is 117 cm³/mol. The first-order valence-electron chi connectivity index (χ1n) is 9.93. The van der Waals surface area contributed by atoms with Gasteiger partial charge in [0.25, 0.3) is 0 Å². The normalized spacial score (nSPS) is 17.2. The van der Waals surface area contributed by atoms with Gasteiger partial charge in [-0.2, -0.15) is 10.2 Å². The zero-order valence-corrected chi connectivity index (χ0v) is 17.5. The number of aliphatic imine (C=N–C) groups is 1. The van der Waals surface area contributed by atoms with Crippen molar-refractivity contribution in [1.82, 2.24) is 34.7 Å². The highest BCUT2D eigenvalue weighted by atomic mass is 32.2. The van der Waals surface area contributed by atoms with Crippen molar-refractivity contribution in [3.05, 3.63) is 55.1 Å². The van der Waals surface area contributed by atoms with Crippen molar-refractivity contribution in [3.63, 3.8) is 0 Å². The Balaban J connectivity index is 1.57. The summed E-state index contributed by atoms with van der Waals surface area (Å²) >= 11 is 1.62. The minimum Gasteiger partial charge on any atom is -0.315 e. The average Bonchev–Trinajstić information content (AvgIpc) is 3.43. The molecule has 1 aliphatic heterocycles. The van der Waals surface area contributed by atoms with Crippen LogP contribution in [0.1, 0.15) is 24.4 Å². The number of rotatable bonds is 5. The molecule has 0 radical (unpaired) electrons. The van der Waals surface area contributed by atoms with Crippen molar-refractivity contribution in [1.29, 1.82) is 0 Å². The van der Waals surface area contributed by atoms with E-state index in [2.05, 4.69) is 47.4 Å². The van der Waals surface area contributed by atoms with Gasteiger partial charge in [-0.05, 0) is 25.5 Å². The predicted octanol–water partition coefficient (Wildman–Crippen LogP) is 3.11. The van der Waals surface area contributed by atoms with Gasteiger partial charge in [-0.25, -0.2) is 14.5 Å². The van der Waals surface area contributed by atoms with Gasteiger partial charge in [-0.1, -0.05) is 11.8 Å². The molecule has 1 atom stereocenters. The second-order valence-electron chi connectivity index (χ2n) is 7.26. The number of pyridine rings is 1. The molecule has 1 saturated heterocycles. The van der Waals surface area contributed by atoms with Crippen molar-refractivity contribution in [2.75, 3.05) is 20.1 Å². The Hall–Kier alpha value is -3.04. The molecule has 0 unspecified atom stereocenters. The summed E-state index contributed by atoms with van der Waals surface area (Å²) in [6.45, 7) is 2.06. The van der Waals surface area contributed by atoms with Crippen LogP contribution in [-0.4, -0.2) is 55.7 Å². The van der Waals surface area contributed by atoms with E-state index in [0.29, 0.717) is 6.04 Å². The standard InChI is InChI=1S/C21H22N8S/c1-22-6-16-7-27-29-12-15(5-20(21(16)29)30-19-10-24-14-25-11-19)17-8-26-28(13-17)18-3-2-4-23-9-18/h5-8,10-14,18,23H,2-4,9H2,1H3/t18-/m0/s1. The maximum atomic E-state index is 4.64. The molecule has 5 rings (SSSR count). The lowest BCUT2D eigenvalue weighted by atomic mass is 10.1. The van der Waals surface area contributed by atoms with Gasteiger partial charge in [0.1, 0.15) is 6.33 Å². The third-order valence-electron chi connectivity index (χ3n) is 5.22. The summed E-state index contributed by atoms with van der Waals surface area (Å²) in [5, 5.41) is 12.7. The fourth-order valence-corrected chi connectivity index (χ4v) is 4.76. The molecule has 1 aliphatic rings. The Morgan fingerprint density at radius 1 is 1.13 bits per heavy atom. The Kier molecular flexibility index (Phi) is 5.29. The number of hydrogen-bond donors (Lipinski definition) is 1. The second-order valence-corrected chi connectivity index (χ2v) is 8.37. The summed E-state index contributed by atoms with van der Waals surface area (Å²) in [5.41, 5.74) is 4.14. The van der Waals surface area contributed by atoms with Crippen molar-refractivity contribution < 1.29 is 0 Å². The number of piperidine rings is 1. The smallest absolute Gasteiger partial charge is 0.115 e. The van der Waals surface area contributed by atoms with Crippen LogP contribution in [0.15, 0.2) is 64.4 Å². The third kappa shape index (κ3) is 3.73. The van der Waals surface area contributed by atoms with Crippen LogP contribution in [0, 0.1) is 0 Å². The largest absolute Gasteiger partial charge is 0.315 e. The van der Waals surface area contributed by atoms with Gasteiger partial charge in [0.2, 0.25) is 0 Å². The lowest BCUT2D eigenvalue weighted by molar-refractivity contribution is 0.347. The van der Waals surface area contributed by atoms with E-state index in [-0.39, 0.29) is 0 Å². The summed E-state index contributed by atoms with van der Waals surface area (Å²) in [4.78, 5) is 14.5. The molecule has 1 N–H and O–H groups in total. The van der Waals surface area contributed by atoms with Crippen LogP contribution in [-0.2, 0) is 0 Å².